The topological polar surface area (TPSA) is 71.1 Å². The number of phosphoric ester groups is 1. The molecule has 0 unspecified atom stereocenters. The van der Waals surface area contributed by atoms with Crippen molar-refractivity contribution in [3.63, 3.8) is 0 Å². The van der Waals surface area contributed by atoms with E-state index in [-0.39, 0.29) is 19.1 Å². The Hall–Kier alpha value is -0.840. The van der Waals surface area contributed by atoms with Gasteiger partial charge in [0.2, 0.25) is 0 Å². The van der Waals surface area contributed by atoms with Gasteiger partial charge in [-0.2, -0.15) is 0 Å². The Bertz CT molecular complexity index is 574. The van der Waals surface area contributed by atoms with E-state index >= 15 is 0 Å². The Morgan fingerprint density at radius 1 is 0.897 bits per heavy atom. The molecule has 0 saturated carbocycles. The lowest BCUT2D eigenvalue weighted by Gasteiger charge is -2.17. The Kier molecular flexibility index (Phi) is 11.3. The summed E-state index contributed by atoms with van der Waals surface area (Å²) in [6.45, 7) is 4.82. The van der Waals surface area contributed by atoms with E-state index in [0.29, 0.717) is 24.4 Å². The van der Waals surface area contributed by atoms with Crippen molar-refractivity contribution < 1.29 is 27.7 Å². The fourth-order valence-corrected chi connectivity index (χ4v) is 5.20. The molecule has 0 spiro atoms. The normalized spacial score (nSPS) is 24.2. The van der Waals surface area contributed by atoms with Crippen LogP contribution in [0.4, 0.5) is 0 Å². The van der Waals surface area contributed by atoms with Crippen molar-refractivity contribution in [3.05, 3.63) is 11.3 Å². The highest BCUT2D eigenvalue weighted by Gasteiger charge is 2.42. The van der Waals surface area contributed by atoms with Gasteiger partial charge in [-0.1, -0.05) is 84.5 Å². The molecular formula is C22H39O6P. The SMILES string of the molecule is CCCCCCCCCCCCCCO[P@]1(=O)OC[C@@H]2COC(=O)C2=C(CC)O1. The number of allylic oxidation sites excluding steroid dienone is 1. The lowest BCUT2D eigenvalue weighted by molar-refractivity contribution is -0.135. The quantitative estimate of drug-likeness (QED) is 0.164. The number of hydrogen-bond donors (Lipinski definition) is 0. The maximum Gasteiger partial charge on any atom is 0.529 e. The average Bonchev–Trinajstić information content (AvgIpc) is 3.01. The molecule has 2 aliphatic rings. The lowest BCUT2D eigenvalue weighted by atomic mass is 10.0. The number of unbranched alkanes of at least 4 members (excludes halogenated alkanes) is 11. The van der Waals surface area contributed by atoms with Crippen LogP contribution in [0.25, 0.3) is 0 Å². The lowest BCUT2D eigenvalue weighted by Crippen LogP contribution is -2.10. The first kappa shape index (κ1) is 24.4. The second kappa shape index (κ2) is 13.5. The van der Waals surface area contributed by atoms with Gasteiger partial charge in [-0.25, -0.2) is 9.36 Å². The van der Waals surface area contributed by atoms with Crippen LogP contribution in [0.3, 0.4) is 0 Å². The maximum atomic E-state index is 12.8. The van der Waals surface area contributed by atoms with E-state index in [1.165, 1.54) is 64.2 Å². The van der Waals surface area contributed by atoms with Crippen LogP contribution < -0.4 is 0 Å². The van der Waals surface area contributed by atoms with Crippen molar-refractivity contribution in [1.29, 1.82) is 0 Å². The molecule has 1 saturated heterocycles. The molecule has 0 aliphatic carbocycles. The predicted molar refractivity (Wildman–Crippen MR) is 113 cm³/mol. The molecule has 7 heteroatoms. The van der Waals surface area contributed by atoms with Gasteiger partial charge in [0.05, 0.1) is 24.7 Å². The van der Waals surface area contributed by atoms with Crippen LogP contribution in [0, 0.1) is 5.92 Å². The largest absolute Gasteiger partial charge is 0.529 e. The zero-order chi connectivity index (χ0) is 21.0. The molecule has 2 heterocycles. The smallest absolute Gasteiger partial charge is 0.461 e. The second-order valence-electron chi connectivity index (χ2n) is 8.04. The molecule has 2 rings (SSSR count). The summed E-state index contributed by atoms with van der Waals surface area (Å²) in [5, 5.41) is 0. The minimum atomic E-state index is -3.66. The summed E-state index contributed by atoms with van der Waals surface area (Å²) >= 11 is 0. The number of phosphoric acid groups is 1. The zero-order valence-electron chi connectivity index (χ0n) is 18.3. The molecular weight excluding hydrogens is 391 g/mol. The zero-order valence-corrected chi connectivity index (χ0v) is 19.2. The van der Waals surface area contributed by atoms with Gasteiger partial charge in [0, 0.05) is 6.42 Å². The van der Waals surface area contributed by atoms with Gasteiger partial charge < -0.3 is 9.26 Å². The van der Waals surface area contributed by atoms with Gasteiger partial charge in [0.25, 0.3) is 0 Å². The molecule has 0 radical (unpaired) electrons. The van der Waals surface area contributed by atoms with Crippen molar-refractivity contribution in [1.82, 2.24) is 0 Å². The summed E-state index contributed by atoms with van der Waals surface area (Å²) in [6, 6.07) is 0. The summed E-state index contributed by atoms with van der Waals surface area (Å²) < 4.78 is 34.3. The van der Waals surface area contributed by atoms with Crippen molar-refractivity contribution >= 4 is 13.8 Å². The predicted octanol–water partition coefficient (Wildman–Crippen LogP) is 6.70. The third kappa shape index (κ3) is 8.43. The minimum absolute atomic E-state index is 0.125. The van der Waals surface area contributed by atoms with Crippen LogP contribution in [0.2, 0.25) is 0 Å². The number of carbonyl (C=O) groups excluding carboxylic acids is 1. The average molecular weight is 431 g/mol. The van der Waals surface area contributed by atoms with E-state index in [9.17, 15) is 9.36 Å². The fraction of sp³-hybridized carbons (Fsp3) is 0.864. The van der Waals surface area contributed by atoms with Gasteiger partial charge in [-0.15, -0.1) is 0 Å². The van der Waals surface area contributed by atoms with Crippen LogP contribution in [0.5, 0.6) is 0 Å². The van der Waals surface area contributed by atoms with Crippen LogP contribution in [0.1, 0.15) is 97.3 Å². The Morgan fingerprint density at radius 2 is 1.48 bits per heavy atom. The first-order chi connectivity index (χ1) is 14.1. The van der Waals surface area contributed by atoms with Gasteiger partial charge in [0.15, 0.2) is 0 Å². The Balaban J connectivity index is 1.55. The number of rotatable bonds is 15. The summed E-state index contributed by atoms with van der Waals surface area (Å²) in [7, 11) is -3.66. The first-order valence-corrected chi connectivity index (χ1v) is 13.0. The number of carbonyl (C=O) groups is 1. The highest BCUT2D eigenvalue weighted by Crippen LogP contribution is 2.55. The molecule has 0 aromatic rings. The van der Waals surface area contributed by atoms with Gasteiger partial charge in [-0.3, -0.25) is 9.05 Å². The van der Waals surface area contributed by atoms with Gasteiger partial charge >= 0.3 is 13.8 Å². The highest BCUT2D eigenvalue weighted by molar-refractivity contribution is 7.48. The molecule has 1 fully saturated rings. The maximum absolute atomic E-state index is 12.8. The summed E-state index contributed by atoms with van der Waals surface area (Å²) in [5.41, 5.74) is 0.458. The summed E-state index contributed by atoms with van der Waals surface area (Å²) in [6.07, 6.45) is 15.6. The number of ether oxygens (including phenoxy) is 1. The summed E-state index contributed by atoms with van der Waals surface area (Å²) in [5.74, 6) is -0.235. The van der Waals surface area contributed by atoms with E-state index in [4.69, 9.17) is 18.3 Å². The van der Waals surface area contributed by atoms with E-state index < -0.39 is 13.8 Å². The fourth-order valence-electron chi connectivity index (χ4n) is 3.81. The Morgan fingerprint density at radius 3 is 2.07 bits per heavy atom. The number of fused-ring (bicyclic) bond motifs is 1. The third-order valence-electron chi connectivity index (χ3n) is 5.57. The summed E-state index contributed by atoms with van der Waals surface area (Å²) in [4.78, 5) is 11.9. The monoisotopic (exact) mass is 430 g/mol. The first-order valence-electron chi connectivity index (χ1n) is 11.6. The molecule has 0 amide bonds. The third-order valence-corrected chi connectivity index (χ3v) is 6.98. The molecule has 6 nitrogen and oxygen atoms in total. The highest BCUT2D eigenvalue weighted by atomic mass is 31.2. The van der Waals surface area contributed by atoms with Gasteiger partial charge in [-0.05, 0) is 6.42 Å². The van der Waals surface area contributed by atoms with E-state index in [1.807, 2.05) is 6.92 Å². The number of cyclic esters (lactones) is 1. The van der Waals surface area contributed by atoms with Crippen LogP contribution in [0.15, 0.2) is 11.3 Å². The van der Waals surface area contributed by atoms with Crippen molar-refractivity contribution in [3.8, 4) is 0 Å². The molecule has 0 N–H and O–H groups in total. The standard InChI is InChI=1S/C22H39O6P/c1-3-5-6-7-8-9-10-11-12-13-14-15-16-26-29(24)27-18-19-17-25-22(23)21(19)20(4-2)28-29/h19H,3-18H2,1-2H3/t19-,29+/m0/s1. The van der Waals surface area contributed by atoms with Crippen molar-refractivity contribution in [2.75, 3.05) is 19.8 Å². The number of hydrogen-bond acceptors (Lipinski definition) is 6. The van der Waals surface area contributed by atoms with Crippen LogP contribution in [-0.2, 0) is 27.7 Å². The minimum Gasteiger partial charge on any atom is -0.461 e. The molecule has 0 bridgehead atoms. The van der Waals surface area contributed by atoms with E-state index in [0.717, 1.165) is 12.8 Å². The Labute approximate surface area is 176 Å². The van der Waals surface area contributed by atoms with E-state index in [1.54, 1.807) is 0 Å². The molecule has 0 aromatic heterocycles. The second-order valence-corrected chi connectivity index (χ2v) is 9.64. The van der Waals surface area contributed by atoms with Crippen molar-refractivity contribution in [2.24, 2.45) is 5.92 Å². The molecule has 2 aliphatic heterocycles. The van der Waals surface area contributed by atoms with Crippen LogP contribution in [-0.4, -0.2) is 25.8 Å². The van der Waals surface area contributed by atoms with Crippen molar-refractivity contribution in [2.45, 2.75) is 97.3 Å². The molecule has 0 aromatic carbocycles. The molecule has 2 atom stereocenters. The number of esters is 1. The molecule has 168 valence electrons. The van der Waals surface area contributed by atoms with Crippen LogP contribution >= 0.6 is 7.82 Å². The van der Waals surface area contributed by atoms with E-state index in [2.05, 4.69) is 6.92 Å². The molecule has 29 heavy (non-hydrogen) atoms. The van der Waals surface area contributed by atoms with Gasteiger partial charge in [0.1, 0.15) is 12.4 Å².